The average Bonchev–Trinajstić information content (AvgIpc) is 2.17. The van der Waals surface area contributed by atoms with Gasteiger partial charge in [0.15, 0.2) is 0 Å². The Labute approximate surface area is 93.2 Å². The summed E-state index contributed by atoms with van der Waals surface area (Å²) in [7, 11) is 5.55. The van der Waals surface area contributed by atoms with Gasteiger partial charge in [-0.15, -0.1) is 0 Å². The summed E-state index contributed by atoms with van der Waals surface area (Å²) in [6, 6.07) is 0.467. The third-order valence-corrected chi connectivity index (χ3v) is 2.49. The standard InChI is InChI=1S/C11H24N2O2/c1-6-13(8-7-11(14)15-5)10(2)9-12(3)4/h10H,6-9H2,1-5H3. The third kappa shape index (κ3) is 6.47. The van der Waals surface area contributed by atoms with Gasteiger partial charge in [-0.05, 0) is 27.6 Å². The summed E-state index contributed by atoms with van der Waals surface area (Å²) in [6.07, 6.45) is 0.474. The van der Waals surface area contributed by atoms with Crippen LogP contribution in [0.4, 0.5) is 0 Å². The van der Waals surface area contributed by atoms with Crippen molar-refractivity contribution in [2.75, 3.05) is 40.8 Å². The molecule has 0 fully saturated rings. The van der Waals surface area contributed by atoms with Crippen LogP contribution in [0.25, 0.3) is 0 Å². The van der Waals surface area contributed by atoms with E-state index in [4.69, 9.17) is 0 Å². The number of carbonyl (C=O) groups excluding carboxylic acids is 1. The number of hydrogen-bond acceptors (Lipinski definition) is 4. The van der Waals surface area contributed by atoms with Crippen molar-refractivity contribution in [3.05, 3.63) is 0 Å². The van der Waals surface area contributed by atoms with Gasteiger partial charge in [-0.1, -0.05) is 6.92 Å². The fourth-order valence-electron chi connectivity index (χ4n) is 1.67. The maximum absolute atomic E-state index is 11.0. The van der Waals surface area contributed by atoms with Crippen molar-refractivity contribution in [2.45, 2.75) is 26.3 Å². The van der Waals surface area contributed by atoms with Crippen molar-refractivity contribution in [3.8, 4) is 0 Å². The molecule has 0 N–H and O–H groups in total. The largest absolute Gasteiger partial charge is 0.469 e. The molecular weight excluding hydrogens is 192 g/mol. The molecule has 0 saturated carbocycles. The van der Waals surface area contributed by atoms with Gasteiger partial charge >= 0.3 is 5.97 Å². The number of carbonyl (C=O) groups is 1. The summed E-state index contributed by atoms with van der Waals surface area (Å²) in [5, 5.41) is 0. The van der Waals surface area contributed by atoms with E-state index in [1.54, 1.807) is 0 Å². The minimum atomic E-state index is -0.134. The average molecular weight is 216 g/mol. The lowest BCUT2D eigenvalue weighted by Gasteiger charge is -2.29. The molecule has 1 atom stereocenters. The minimum Gasteiger partial charge on any atom is -0.469 e. The van der Waals surface area contributed by atoms with E-state index in [1.807, 2.05) is 0 Å². The van der Waals surface area contributed by atoms with Gasteiger partial charge in [-0.25, -0.2) is 0 Å². The van der Waals surface area contributed by atoms with Crippen LogP contribution in [0.1, 0.15) is 20.3 Å². The van der Waals surface area contributed by atoms with E-state index in [2.05, 4.69) is 42.5 Å². The van der Waals surface area contributed by atoms with Gasteiger partial charge in [0.1, 0.15) is 0 Å². The summed E-state index contributed by atoms with van der Waals surface area (Å²) in [5.41, 5.74) is 0. The van der Waals surface area contributed by atoms with E-state index < -0.39 is 0 Å². The first kappa shape index (κ1) is 14.4. The van der Waals surface area contributed by atoms with Gasteiger partial charge in [-0.3, -0.25) is 9.69 Å². The first-order chi connectivity index (χ1) is 7.01. The minimum absolute atomic E-state index is 0.134. The van der Waals surface area contributed by atoms with E-state index >= 15 is 0 Å². The van der Waals surface area contributed by atoms with Crippen molar-refractivity contribution in [1.82, 2.24) is 9.80 Å². The lowest BCUT2D eigenvalue weighted by Crippen LogP contribution is -2.41. The molecule has 0 aromatic carbocycles. The second kappa shape index (κ2) is 7.65. The van der Waals surface area contributed by atoms with Crippen LogP contribution in [0.15, 0.2) is 0 Å². The van der Waals surface area contributed by atoms with Crippen LogP contribution < -0.4 is 0 Å². The van der Waals surface area contributed by atoms with Crippen molar-refractivity contribution < 1.29 is 9.53 Å². The number of nitrogens with zero attached hydrogens (tertiary/aromatic N) is 2. The lowest BCUT2D eigenvalue weighted by molar-refractivity contribution is -0.141. The Bertz CT molecular complexity index is 183. The summed E-state index contributed by atoms with van der Waals surface area (Å²) in [6.45, 7) is 7.05. The van der Waals surface area contributed by atoms with Gasteiger partial charge in [0, 0.05) is 19.1 Å². The molecule has 0 rings (SSSR count). The zero-order valence-corrected chi connectivity index (χ0v) is 10.6. The Morgan fingerprint density at radius 2 is 2.00 bits per heavy atom. The molecule has 0 radical (unpaired) electrons. The molecule has 0 aliphatic carbocycles. The molecule has 0 spiro atoms. The van der Waals surface area contributed by atoms with Gasteiger partial charge in [0.25, 0.3) is 0 Å². The third-order valence-electron chi connectivity index (χ3n) is 2.49. The molecule has 4 heteroatoms. The Morgan fingerprint density at radius 3 is 2.40 bits per heavy atom. The van der Waals surface area contributed by atoms with E-state index in [9.17, 15) is 4.79 Å². The fraction of sp³-hybridized carbons (Fsp3) is 0.909. The highest BCUT2D eigenvalue weighted by molar-refractivity contribution is 5.69. The summed E-state index contributed by atoms with van der Waals surface area (Å²) in [4.78, 5) is 15.5. The van der Waals surface area contributed by atoms with Gasteiger partial charge in [0.05, 0.1) is 13.5 Å². The van der Waals surface area contributed by atoms with Crippen LogP contribution in [-0.4, -0.2) is 62.7 Å². The Balaban J connectivity index is 3.95. The highest BCUT2D eigenvalue weighted by Crippen LogP contribution is 2.02. The summed E-state index contributed by atoms with van der Waals surface area (Å²) in [5.74, 6) is -0.134. The highest BCUT2D eigenvalue weighted by Gasteiger charge is 2.14. The molecule has 0 aliphatic heterocycles. The van der Waals surface area contributed by atoms with E-state index in [1.165, 1.54) is 7.11 Å². The fourth-order valence-corrected chi connectivity index (χ4v) is 1.67. The van der Waals surface area contributed by atoms with Crippen LogP contribution >= 0.6 is 0 Å². The SMILES string of the molecule is CCN(CCC(=O)OC)C(C)CN(C)C. The number of esters is 1. The predicted octanol–water partition coefficient (Wildman–Crippen LogP) is 0.821. The van der Waals surface area contributed by atoms with Crippen LogP contribution in [-0.2, 0) is 9.53 Å². The van der Waals surface area contributed by atoms with Crippen LogP contribution in [0, 0.1) is 0 Å². The van der Waals surface area contributed by atoms with Crippen LogP contribution in [0.2, 0.25) is 0 Å². The first-order valence-electron chi connectivity index (χ1n) is 5.46. The smallest absolute Gasteiger partial charge is 0.306 e. The Morgan fingerprint density at radius 1 is 1.40 bits per heavy atom. The molecule has 15 heavy (non-hydrogen) atoms. The first-order valence-corrected chi connectivity index (χ1v) is 5.46. The zero-order valence-electron chi connectivity index (χ0n) is 10.6. The van der Waals surface area contributed by atoms with Crippen molar-refractivity contribution in [2.24, 2.45) is 0 Å². The Kier molecular flexibility index (Phi) is 7.34. The van der Waals surface area contributed by atoms with Gasteiger partial charge in [0.2, 0.25) is 0 Å². The molecule has 0 bridgehead atoms. The molecule has 0 amide bonds. The van der Waals surface area contributed by atoms with Gasteiger partial charge < -0.3 is 9.64 Å². The second-order valence-corrected chi connectivity index (χ2v) is 4.07. The quantitative estimate of drug-likeness (QED) is 0.590. The topological polar surface area (TPSA) is 32.8 Å². The van der Waals surface area contributed by atoms with Gasteiger partial charge in [-0.2, -0.15) is 0 Å². The van der Waals surface area contributed by atoms with E-state index in [-0.39, 0.29) is 5.97 Å². The van der Waals surface area contributed by atoms with E-state index in [0.29, 0.717) is 12.5 Å². The highest BCUT2D eigenvalue weighted by atomic mass is 16.5. The van der Waals surface area contributed by atoms with Crippen LogP contribution in [0.3, 0.4) is 0 Å². The number of rotatable bonds is 7. The molecule has 90 valence electrons. The summed E-state index contributed by atoms with van der Waals surface area (Å²) < 4.78 is 4.63. The molecule has 0 aliphatic rings. The van der Waals surface area contributed by atoms with Crippen LogP contribution in [0.5, 0.6) is 0 Å². The second-order valence-electron chi connectivity index (χ2n) is 4.07. The number of hydrogen-bond donors (Lipinski definition) is 0. The van der Waals surface area contributed by atoms with Crippen molar-refractivity contribution in [1.29, 1.82) is 0 Å². The molecule has 0 heterocycles. The molecule has 4 nitrogen and oxygen atoms in total. The molecule has 0 aromatic heterocycles. The van der Waals surface area contributed by atoms with E-state index in [0.717, 1.165) is 19.6 Å². The number of ether oxygens (including phenoxy) is 1. The molecule has 1 unspecified atom stereocenters. The maximum Gasteiger partial charge on any atom is 0.306 e. The summed E-state index contributed by atoms with van der Waals surface area (Å²) >= 11 is 0. The maximum atomic E-state index is 11.0. The Hall–Kier alpha value is -0.610. The van der Waals surface area contributed by atoms with Crippen molar-refractivity contribution in [3.63, 3.8) is 0 Å². The predicted molar refractivity (Wildman–Crippen MR) is 61.9 cm³/mol. The zero-order chi connectivity index (χ0) is 11.8. The lowest BCUT2D eigenvalue weighted by atomic mass is 10.2. The monoisotopic (exact) mass is 216 g/mol. The number of methoxy groups -OCH3 is 1. The van der Waals surface area contributed by atoms with Crippen molar-refractivity contribution >= 4 is 5.97 Å². The molecule has 0 aromatic rings. The normalized spacial score (nSPS) is 13.3. The molecule has 0 saturated heterocycles. The number of likely N-dealkylation sites (N-methyl/N-ethyl adjacent to an activating group) is 2. The molecular formula is C11H24N2O2.